The van der Waals surface area contributed by atoms with Crippen molar-refractivity contribution in [1.29, 1.82) is 0 Å². The number of rotatable bonds is 5. The van der Waals surface area contributed by atoms with E-state index in [1.807, 2.05) is 0 Å². The average Bonchev–Trinajstić information content (AvgIpc) is 2.54. The van der Waals surface area contributed by atoms with Crippen molar-refractivity contribution < 1.29 is 18.4 Å². The van der Waals surface area contributed by atoms with E-state index in [4.69, 9.17) is 0 Å². The van der Waals surface area contributed by atoms with Crippen molar-refractivity contribution in [2.45, 2.75) is 0 Å². The minimum absolute atomic E-state index is 0.0928. The summed E-state index contributed by atoms with van der Waals surface area (Å²) in [5.74, 6) is -2.59. The highest BCUT2D eigenvalue weighted by atomic mass is 19.1. The second kappa shape index (κ2) is 7.39. The van der Waals surface area contributed by atoms with Gasteiger partial charge in [-0.1, -0.05) is 0 Å². The van der Waals surface area contributed by atoms with Crippen LogP contribution < -0.4 is 5.32 Å². The molecule has 0 atom stereocenters. The Labute approximate surface area is 131 Å². The fourth-order valence-corrected chi connectivity index (χ4v) is 1.85. The van der Waals surface area contributed by atoms with Crippen LogP contribution in [0, 0.1) is 11.6 Å². The minimum atomic E-state index is -0.728. The molecule has 120 valence electrons. The zero-order chi connectivity index (χ0) is 16.8. The van der Waals surface area contributed by atoms with Gasteiger partial charge in [-0.3, -0.25) is 19.6 Å². The molecule has 0 radical (unpaired) electrons. The Bertz CT molecular complexity index is 724. The van der Waals surface area contributed by atoms with E-state index >= 15 is 0 Å². The van der Waals surface area contributed by atoms with Gasteiger partial charge in [0.1, 0.15) is 0 Å². The van der Waals surface area contributed by atoms with Crippen LogP contribution in [0.2, 0.25) is 0 Å². The molecule has 0 saturated heterocycles. The summed E-state index contributed by atoms with van der Waals surface area (Å²) in [6.07, 6.45) is 4.52. The van der Waals surface area contributed by atoms with Crippen molar-refractivity contribution in [2.75, 3.05) is 20.1 Å². The SMILES string of the molecule is CN(CCNC(=O)c1ccncc1F)C(=O)c1ccncc1F. The van der Waals surface area contributed by atoms with Gasteiger partial charge in [0.2, 0.25) is 0 Å². The molecule has 23 heavy (non-hydrogen) atoms. The van der Waals surface area contributed by atoms with Gasteiger partial charge in [0, 0.05) is 32.5 Å². The first-order chi connectivity index (χ1) is 11.0. The van der Waals surface area contributed by atoms with Crippen molar-refractivity contribution in [1.82, 2.24) is 20.2 Å². The first-order valence-corrected chi connectivity index (χ1v) is 6.73. The van der Waals surface area contributed by atoms with Crippen LogP contribution in [0.5, 0.6) is 0 Å². The normalized spacial score (nSPS) is 10.2. The molecular weight excluding hydrogens is 306 g/mol. The highest BCUT2D eigenvalue weighted by Gasteiger charge is 2.16. The Kier molecular flexibility index (Phi) is 5.29. The summed E-state index contributed by atoms with van der Waals surface area (Å²) in [5.41, 5.74) is -0.233. The standard InChI is InChI=1S/C15H14F2N4O2/c1-21(15(23)11-3-5-19-9-13(11)17)7-6-20-14(22)10-2-4-18-8-12(10)16/h2-5,8-9H,6-7H2,1H3,(H,20,22). The Balaban J connectivity index is 1.89. The van der Waals surface area contributed by atoms with Gasteiger partial charge in [0.05, 0.1) is 23.5 Å². The Hall–Kier alpha value is -2.90. The minimum Gasteiger partial charge on any atom is -0.350 e. The predicted molar refractivity (Wildman–Crippen MR) is 77.7 cm³/mol. The first kappa shape index (κ1) is 16.5. The van der Waals surface area contributed by atoms with Gasteiger partial charge in [-0.15, -0.1) is 0 Å². The van der Waals surface area contributed by atoms with Crippen LogP contribution in [0.25, 0.3) is 0 Å². The van der Waals surface area contributed by atoms with Crippen LogP contribution in [0.4, 0.5) is 8.78 Å². The number of halogens is 2. The molecule has 0 spiro atoms. The van der Waals surface area contributed by atoms with Crippen LogP contribution in [0.15, 0.2) is 36.9 Å². The molecule has 2 heterocycles. The third-order valence-corrected chi connectivity index (χ3v) is 3.10. The average molecular weight is 320 g/mol. The van der Waals surface area contributed by atoms with Crippen LogP contribution in [-0.4, -0.2) is 46.8 Å². The maximum atomic E-state index is 13.5. The molecule has 0 aliphatic carbocycles. The zero-order valence-electron chi connectivity index (χ0n) is 12.3. The summed E-state index contributed by atoms with van der Waals surface area (Å²) in [6.45, 7) is 0.231. The van der Waals surface area contributed by atoms with Gasteiger partial charge < -0.3 is 10.2 Å². The molecule has 0 bridgehead atoms. The van der Waals surface area contributed by atoms with E-state index in [9.17, 15) is 18.4 Å². The number of nitrogens with one attached hydrogen (secondary N) is 1. The van der Waals surface area contributed by atoms with E-state index in [0.717, 1.165) is 12.4 Å². The summed E-state index contributed by atoms with van der Waals surface area (Å²) in [6, 6.07) is 2.53. The van der Waals surface area contributed by atoms with Gasteiger partial charge in [-0.2, -0.15) is 0 Å². The lowest BCUT2D eigenvalue weighted by Crippen LogP contribution is -2.36. The lowest BCUT2D eigenvalue weighted by atomic mass is 10.2. The summed E-state index contributed by atoms with van der Waals surface area (Å²) >= 11 is 0. The maximum absolute atomic E-state index is 13.5. The van der Waals surface area contributed by atoms with Gasteiger partial charge in [0.15, 0.2) is 11.6 Å². The Morgan fingerprint density at radius 1 is 1.09 bits per heavy atom. The second-order valence-corrected chi connectivity index (χ2v) is 4.69. The largest absolute Gasteiger partial charge is 0.350 e. The fourth-order valence-electron chi connectivity index (χ4n) is 1.85. The third-order valence-electron chi connectivity index (χ3n) is 3.10. The molecule has 0 fully saturated rings. The molecule has 0 unspecified atom stereocenters. The second-order valence-electron chi connectivity index (χ2n) is 4.69. The number of carbonyl (C=O) groups is 2. The fraction of sp³-hybridized carbons (Fsp3) is 0.200. The van der Waals surface area contributed by atoms with Crippen LogP contribution in [-0.2, 0) is 0 Å². The Morgan fingerprint density at radius 3 is 2.22 bits per heavy atom. The molecule has 6 nitrogen and oxygen atoms in total. The molecule has 2 aromatic rings. The molecule has 2 aromatic heterocycles. The quantitative estimate of drug-likeness (QED) is 0.900. The van der Waals surface area contributed by atoms with E-state index < -0.39 is 23.4 Å². The number of likely N-dealkylation sites (N-methyl/N-ethyl adjacent to an activating group) is 1. The van der Waals surface area contributed by atoms with Gasteiger partial charge >= 0.3 is 0 Å². The van der Waals surface area contributed by atoms with Crippen LogP contribution in [0.3, 0.4) is 0 Å². The first-order valence-electron chi connectivity index (χ1n) is 6.73. The van der Waals surface area contributed by atoms with Gasteiger partial charge in [-0.25, -0.2) is 8.78 Å². The molecule has 1 N–H and O–H groups in total. The van der Waals surface area contributed by atoms with E-state index in [1.165, 1.54) is 36.5 Å². The number of pyridine rings is 2. The number of amides is 2. The van der Waals surface area contributed by atoms with E-state index in [2.05, 4.69) is 15.3 Å². The Morgan fingerprint density at radius 2 is 1.65 bits per heavy atom. The summed E-state index contributed by atoms with van der Waals surface area (Å²) in [7, 11) is 1.47. The van der Waals surface area contributed by atoms with Crippen molar-refractivity contribution >= 4 is 11.8 Å². The number of hydrogen-bond donors (Lipinski definition) is 1. The van der Waals surface area contributed by atoms with Crippen molar-refractivity contribution in [3.63, 3.8) is 0 Å². The third kappa shape index (κ3) is 4.06. The van der Waals surface area contributed by atoms with E-state index in [1.54, 1.807) is 0 Å². The molecule has 0 aromatic carbocycles. The number of aromatic nitrogens is 2. The lowest BCUT2D eigenvalue weighted by molar-refractivity contribution is 0.0782. The monoisotopic (exact) mass is 320 g/mol. The zero-order valence-corrected chi connectivity index (χ0v) is 12.3. The van der Waals surface area contributed by atoms with Crippen LogP contribution in [0.1, 0.15) is 20.7 Å². The summed E-state index contributed by atoms with van der Waals surface area (Å²) in [4.78, 5) is 32.2. The molecule has 0 saturated carbocycles. The smallest absolute Gasteiger partial charge is 0.256 e. The van der Waals surface area contributed by atoms with Crippen molar-refractivity contribution in [3.05, 3.63) is 59.7 Å². The molecule has 2 rings (SSSR count). The summed E-state index contributed by atoms with van der Waals surface area (Å²) in [5, 5.41) is 2.48. The van der Waals surface area contributed by atoms with Crippen molar-refractivity contribution in [2.24, 2.45) is 0 Å². The van der Waals surface area contributed by atoms with Crippen LogP contribution >= 0.6 is 0 Å². The van der Waals surface area contributed by atoms with Crippen molar-refractivity contribution in [3.8, 4) is 0 Å². The highest BCUT2D eigenvalue weighted by Crippen LogP contribution is 2.07. The molecule has 8 heteroatoms. The maximum Gasteiger partial charge on any atom is 0.256 e. The highest BCUT2D eigenvalue weighted by molar-refractivity contribution is 5.95. The van der Waals surface area contributed by atoms with Gasteiger partial charge in [0.25, 0.3) is 11.8 Å². The molecule has 0 aliphatic heterocycles. The molecule has 2 amide bonds. The molecular formula is C15H14F2N4O2. The number of nitrogens with zero attached hydrogens (tertiary/aromatic N) is 3. The van der Waals surface area contributed by atoms with E-state index in [-0.39, 0.29) is 24.2 Å². The number of carbonyl (C=O) groups excluding carboxylic acids is 2. The number of hydrogen-bond acceptors (Lipinski definition) is 4. The van der Waals surface area contributed by atoms with E-state index in [0.29, 0.717) is 0 Å². The lowest BCUT2D eigenvalue weighted by Gasteiger charge is -2.17. The summed E-state index contributed by atoms with van der Waals surface area (Å²) < 4.78 is 26.9. The van der Waals surface area contributed by atoms with Gasteiger partial charge in [-0.05, 0) is 12.1 Å². The molecule has 0 aliphatic rings. The topological polar surface area (TPSA) is 75.2 Å². The predicted octanol–water partition coefficient (Wildman–Crippen LogP) is 1.26.